The molecule has 2 aliphatic heterocycles. The summed E-state index contributed by atoms with van der Waals surface area (Å²) < 4.78 is 40.9. The fourth-order valence-electron chi connectivity index (χ4n) is 3.85. The summed E-state index contributed by atoms with van der Waals surface area (Å²) in [6, 6.07) is 5.10. The molecule has 158 valence electrons. The Balaban J connectivity index is 2.10. The van der Waals surface area contributed by atoms with E-state index < -0.39 is 10.2 Å². The standard InChI is InChI=1S/C20H27N3O5S/c1-13-7-6-8-14(2)23(13)20(24)18-12-17(21-29(25,26)22(18)3)16-11-15(27-4)9-10-19(16)28-5/h9-14H,6-8H2,1-5H3/t13-,14-/m1/s1. The first-order valence-corrected chi connectivity index (χ1v) is 10.9. The van der Waals surface area contributed by atoms with Crippen molar-refractivity contribution in [2.75, 3.05) is 21.3 Å². The van der Waals surface area contributed by atoms with Gasteiger partial charge in [-0.05, 0) is 57.4 Å². The molecule has 8 nitrogen and oxygen atoms in total. The molecule has 1 aromatic rings. The van der Waals surface area contributed by atoms with Crippen molar-refractivity contribution in [1.29, 1.82) is 0 Å². The monoisotopic (exact) mass is 421 g/mol. The van der Waals surface area contributed by atoms with E-state index in [1.807, 2.05) is 13.8 Å². The van der Waals surface area contributed by atoms with Crippen LogP contribution in [0.2, 0.25) is 0 Å². The van der Waals surface area contributed by atoms with Crippen LogP contribution in [0.25, 0.3) is 0 Å². The highest BCUT2D eigenvalue weighted by Gasteiger charge is 2.37. The van der Waals surface area contributed by atoms with E-state index in [1.165, 1.54) is 27.3 Å². The number of allylic oxidation sites excluding steroid dienone is 1. The third-order valence-corrected chi connectivity index (χ3v) is 6.82. The molecule has 0 saturated carbocycles. The molecular weight excluding hydrogens is 394 g/mol. The summed E-state index contributed by atoms with van der Waals surface area (Å²) in [4.78, 5) is 15.1. The van der Waals surface area contributed by atoms with Crippen LogP contribution >= 0.6 is 0 Å². The average molecular weight is 422 g/mol. The quantitative estimate of drug-likeness (QED) is 0.745. The zero-order chi connectivity index (χ0) is 21.3. The molecule has 29 heavy (non-hydrogen) atoms. The van der Waals surface area contributed by atoms with E-state index in [0.29, 0.717) is 17.1 Å². The Morgan fingerprint density at radius 2 is 1.79 bits per heavy atom. The van der Waals surface area contributed by atoms with Crippen molar-refractivity contribution in [2.45, 2.75) is 45.2 Å². The van der Waals surface area contributed by atoms with Gasteiger partial charge in [-0.3, -0.25) is 4.79 Å². The predicted octanol–water partition coefficient (Wildman–Crippen LogP) is 2.36. The number of amides is 1. The molecule has 2 aliphatic rings. The Labute approximate surface area is 172 Å². The van der Waals surface area contributed by atoms with E-state index >= 15 is 0 Å². The first-order chi connectivity index (χ1) is 13.7. The number of hydrogen-bond acceptors (Lipinski definition) is 5. The lowest BCUT2D eigenvalue weighted by molar-refractivity contribution is -0.134. The van der Waals surface area contributed by atoms with Gasteiger partial charge >= 0.3 is 10.2 Å². The fourth-order valence-corrected chi connectivity index (χ4v) is 4.75. The molecule has 1 fully saturated rings. The lowest BCUT2D eigenvalue weighted by atomic mass is 9.97. The lowest BCUT2D eigenvalue weighted by Crippen LogP contribution is -2.50. The molecule has 1 saturated heterocycles. The third-order valence-electron chi connectivity index (χ3n) is 5.50. The van der Waals surface area contributed by atoms with Crippen LogP contribution < -0.4 is 9.47 Å². The molecule has 0 unspecified atom stereocenters. The average Bonchev–Trinajstić information content (AvgIpc) is 2.69. The normalized spacial score (nSPS) is 23.9. The van der Waals surface area contributed by atoms with Crippen molar-refractivity contribution in [3.8, 4) is 11.5 Å². The Morgan fingerprint density at radius 1 is 1.14 bits per heavy atom. The van der Waals surface area contributed by atoms with Crippen LogP contribution in [-0.4, -0.2) is 62.6 Å². The molecule has 0 aromatic heterocycles. The fraction of sp³-hybridized carbons (Fsp3) is 0.500. The second-order valence-electron chi connectivity index (χ2n) is 7.36. The maximum Gasteiger partial charge on any atom is 0.345 e. The van der Waals surface area contributed by atoms with Gasteiger partial charge in [-0.25, -0.2) is 4.31 Å². The number of ether oxygens (including phenoxy) is 2. The molecular formula is C20H27N3O5S. The Kier molecular flexibility index (Phi) is 5.88. The van der Waals surface area contributed by atoms with E-state index in [9.17, 15) is 13.2 Å². The summed E-state index contributed by atoms with van der Waals surface area (Å²) in [7, 11) is 0.292. The van der Waals surface area contributed by atoms with Crippen molar-refractivity contribution in [2.24, 2.45) is 4.40 Å². The molecule has 0 radical (unpaired) electrons. The van der Waals surface area contributed by atoms with Crippen LogP contribution in [0.1, 0.15) is 38.7 Å². The molecule has 0 aliphatic carbocycles. The van der Waals surface area contributed by atoms with Crippen molar-refractivity contribution in [1.82, 2.24) is 9.21 Å². The highest BCUT2D eigenvalue weighted by atomic mass is 32.2. The predicted molar refractivity (Wildman–Crippen MR) is 110 cm³/mol. The molecule has 0 bridgehead atoms. The highest BCUT2D eigenvalue weighted by molar-refractivity contribution is 7.88. The first kappa shape index (κ1) is 21.2. The van der Waals surface area contributed by atoms with Crippen LogP contribution in [0.15, 0.2) is 34.4 Å². The van der Waals surface area contributed by atoms with Crippen LogP contribution in [0.5, 0.6) is 11.5 Å². The third kappa shape index (κ3) is 3.96. The zero-order valence-corrected chi connectivity index (χ0v) is 18.2. The van der Waals surface area contributed by atoms with Gasteiger partial charge in [0.2, 0.25) is 0 Å². The van der Waals surface area contributed by atoms with Gasteiger partial charge in [-0.1, -0.05) is 0 Å². The van der Waals surface area contributed by atoms with E-state index in [4.69, 9.17) is 9.47 Å². The van der Waals surface area contributed by atoms with Crippen LogP contribution in [-0.2, 0) is 15.0 Å². The molecule has 1 aromatic carbocycles. The van der Waals surface area contributed by atoms with Gasteiger partial charge in [0, 0.05) is 24.7 Å². The van der Waals surface area contributed by atoms with Crippen molar-refractivity contribution < 1.29 is 22.7 Å². The summed E-state index contributed by atoms with van der Waals surface area (Å²) >= 11 is 0. The molecule has 2 atom stereocenters. The Morgan fingerprint density at radius 3 is 2.38 bits per heavy atom. The van der Waals surface area contributed by atoms with Gasteiger partial charge in [-0.15, -0.1) is 4.40 Å². The highest BCUT2D eigenvalue weighted by Crippen LogP contribution is 2.31. The second kappa shape index (κ2) is 8.06. The van der Waals surface area contributed by atoms with Gasteiger partial charge in [0.25, 0.3) is 5.91 Å². The number of methoxy groups -OCH3 is 2. The van der Waals surface area contributed by atoms with Gasteiger partial charge < -0.3 is 14.4 Å². The summed E-state index contributed by atoms with van der Waals surface area (Å²) in [5, 5.41) is 0. The summed E-state index contributed by atoms with van der Waals surface area (Å²) in [5.41, 5.74) is 0.647. The largest absolute Gasteiger partial charge is 0.497 e. The second-order valence-corrected chi connectivity index (χ2v) is 8.98. The Hall–Kier alpha value is -2.55. The summed E-state index contributed by atoms with van der Waals surface area (Å²) in [6.45, 7) is 3.98. The zero-order valence-electron chi connectivity index (χ0n) is 17.4. The van der Waals surface area contributed by atoms with Crippen molar-refractivity contribution in [3.63, 3.8) is 0 Å². The number of carbonyl (C=O) groups is 1. The van der Waals surface area contributed by atoms with Gasteiger partial charge in [-0.2, -0.15) is 8.42 Å². The molecule has 1 amide bonds. The minimum absolute atomic E-state index is 0.0388. The smallest absolute Gasteiger partial charge is 0.345 e. The maximum atomic E-state index is 13.4. The van der Waals surface area contributed by atoms with Gasteiger partial charge in [0.1, 0.15) is 17.2 Å². The topological polar surface area (TPSA) is 88.5 Å². The SMILES string of the molecule is COc1ccc(OC)c(C2=NS(=O)(=O)N(C)C(C(=O)N3[C@H](C)CCC[C@H]3C)=C2)c1. The molecule has 3 rings (SSSR count). The van der Waals surface area contributed by atoms with E-state index in [1.54, 1.807) is 23.1 Å². The van der Waals surface area contributed by atoms with Crippen LogP contribution in [0.3, 0.4) is 0 Å². The Bertz CT molecular complexity index is 960. The van der Waals surface area contributed by atoms with Crippen LogP contribution in [0.4, 0.5) is 0 Å². The number of likely N-dealkylation sites (N-methyl/N-ethyl adjacent to an activating group) is 1. The minimum Gasteiger partial charge on any atom is -0.497 e. The van der Waals surface area contributed by atoms with Gasteiger partial charge in [0.15, 0.2) is 0 Å². The maximum absolute atomic E-state index is 13.4. The van der Waals surface area contributed by atoms with E-state index in [2.05, 4.69) is 4.40 Å². The summed E-state index contributed by atoms with van der Waals surface area (Å²) in [6.07, 6.45) is 4.34. The molecule has 0 spiro atoms. The number of hydrogen-bond donors (Lipinski definition) is 0. The number of carbonyl (C=O) groups excluding carboxylic acids is 1. The van der Waals surface area contributed by atoms with E-state index in [-0.39, 0.29) is 29.4 Å². The number of piperidine rings is 1. The summed E-state index contributed by atoms with van der Waals surface area (Å²) in [5.74, 6) is 0.650. The minimum atomic E-state index is -4.06. The molecule has 2 heterocycles. The number of benzene rings is 1. The van der Waals surface area contributed by atoms with Crippen LogP contribution in [0, 0.1) is 0 Å². The van der Waals surface area contributed by atoms with Gasteiger partial charge in [0.05, 0.1) is 19.9 Å². The lowest BCUT2D eigenvalue weighted by Gasteiger charge is -2.40. The molecule has 9 heteroatoms. The van der Waals surface area contributed by atoms with E-state index in [0.717, 1.165) is 23.6 Å². The van der Waals surface area contributed by atoms with Crippen molar-refractivity contribution in [3.05, 3.63) is 35.5 Å². The number of rotatable bonds is 4. The number of likely N-dealkylation sites (tertiary alicyclic amines) is 1. The van der Waals surface area contributed by atoms with Crippen molar-refractivity contribution >= 4 is 21.8 Å². The molecule has 0 N–H and O–H groups in total. The number of nitrogens with zero attached hydrogens (tertiary/aromatic N) is 3. The first-order valence-electron chi connectivity index (χ1n) is 9.55.